The topological polar surface area (TPSA) is 14.1 Å². The molecule has 0 atom stereocenters. The molecule has 0 unspecified atom stereocenters. The van der Waals surface area contributed by atoms with Crippen LogP contribution in [0.4, 0.5) is 18.9 Å². The van der Waals surface area contributed by atoms with Crippen molar-refractivity contribution in [2.75, 3.05) is 7.05 Å². The number of alkyl halides is 3. The first-order chi connectivity index (χ1) is 5.54. The SMILES string of the molecule is C[N-]c1cccc(C(F)(F)F)c1. The van der Waals surface area contributed by atoms with Crippen molar-refractivity contribution in [3.05, 3.63) is 35.1 Å². The van der Waals surface area contributed by atoms with Crippen molar-refractivity contribution in [2.24, 2.45) is 0 Å². The first-order valence-corrected chi connectivity index (χ1v) is 3.31. The van der Waals surface area contributed by atoms with Crippen LogP contribution in [0.2, 0.25) is 0 Å². The second-order valence-corrected chi connectivity index (χ2v) is 2.27. The van der Waals surface area contributed by atoms with E-state index in [-0.39, 0.29) is 0 Å². The lowest BCUT2D eigenvalue weighted by Crippen LogP contribution is -2.03. The van der Waals surface area contributed by atoms with Gasteiger partial charge in [-0.2, -0.15) is 13.2 Å². The van der Waals surface area contributed by atoms with Crippen molar-refractivity contribution in [3.8, 4) is 0 Å². The molecule has 0 bridgehead atoms. The molecule has 0 radical (unpaired) electrons. The Morgan fingerprint density at radius 3 is 2.42 bits per heavy atom. The van der Waals surface area contributed by atoms with Crippen molar-refractivity contribution in [1.82, 2.24) is 0 Å². The molecule has 0 N–H and O–H groups in total. The maximum absolute atomic E-state index is 12.1. The highest BCUT2D eigenvalue weighted by molar-refractivity contribution is 5.49. The smallest absolute Gasteiger partial charge is 0.416 e. The standard InChI is InChI=1S/C8H7F3N/c1-12-7-4-2-3-6(5-7)8(9,10)11/h2-5H,1H3/q-1. The average Bonchev–Trinajstić information content (AvgIpc) is 2.03. The third-order valence-corrected chi connectivity index (χ3v) is 1.43. The van der Waals surface area contributed by atoms with Gasteiger partial charge in [0.2, 0.25) is 0 Å². The predicted molar refractivity (Wildman–Crippen MR) is 40.4 cm³/mol. The van der Waals surface area contributed by atoms with Crippen LogP contribution >= 0.6 is 0 Å². The van der Waals surface area contributed by atoms with Crippen LogP contribution in [0.3, 0.4) is 0 Å². The Hall–Kier alpha value is -1.19. The van der Waals surface area contributed by atoms with Crippen LogP contribution in [-0.2, 0) is 6.18 Å². The van der Waals surface area contributed by atoms with Gasteiger partial charge in [-0.3, -0.25) is 0 Å². The van der Waals surface area contributed by atoms with E-state index in [1.54, 1.807) is 0 Å². The van der Waals surface area contributed by atoms with Gasteiger partial charge < -0.3 is 5.32 Å². The molecule has 0 fully saturated rings. The number of hydrogen-bond acceptors (Lipinski definition) is 0. The van der Waals surface area contributed by atoms with Crippen LogP contribution in [0, 0.1) is 0 Å². The summed E-state index contributed by atoms with van der Waals surface area (Å²) in [7, 11) is 1.45. The molecule has 1 aromatic rings. The summed E-state index contributed by atoms with van der Waals surface area (Å²) in [6, 6.07) is 4.90. The van der Waals surface area contributed by atoms with Gasteiger partial charge in [-0.1, -0.05) is 24.3 Å². The van der Waals surface area contributed by atoms with E-state index < -0.39 is 11.7 Å². The molecular formula is C8H7F3N-. The number of halogens is 3. The van der Waals surface area contributed by atoms with Gasteiger partial charge in [-0.05, 0) is 0 Å². The second kappa shape index (κ2) is 3.05. The van der Waals surface area contributed by atoms with Gasteiger partial charge >= 0.3 is 6.18 Å². The molecule has 66 valence electrons. The minimum absolute atomic E-state index is 0.338. The highest BCUT2D eigenvalue weighted by atomic mass is 19.4. The molecule has 0 amide bonds. The number of rotatable bonds is 1. The van der Waals surface area contributed by atoms with Gasteiger partial charge in [0.15, 0.2) is 0 Å². The van der Waals surface area contributed by atoms with Crippen LogP contribution in [0.1, 0.15) is 5.56 Å². The van der Waals surface area contributed by atoms with E-state index in [0.717, 1.165) is 12.1 Å². The maximum atomic E-state index is 12.1. The monoisotopic (exact) mass is 174 g/mol. The van der Waals surface area contributed by atoms with Crippen LogP contribution in [0.25, 0.3) is 5.32 Å². The molecule has 12 heavy (non-hydrogen) atoms. The molecule has 0 aromatic heterocycles. The first-order valence-electron chi connectivity index (χ1n) is 3.31. The van der Waals surface area contributed by atoms with E-state index in [2.05, 4.69) is 5.32 Å². The van der Waals surface area contributed by atoms with E-state index in [9.17, 15) is 13.2 Å². The molecule has 1 rings (SSSR count). The van der Waals surface area contributed by atoms with E-state index >= 15 is 0 Å². The van der Waals surface area contributed by atoms with Crippen LogP contribution in [0.5, 0.6) is 0 Å². The molecule has 0 aliphatic rings. The Morgan fingerprint density at radius 2 is 1.92 bits per heavy atom. The second-order valence-electron chi connectivity index (χ2n) is 2.27. The third kappa shape index (κ3) is 1.90. The highest BCUT2D eigenvalue weighted by Crippen LogP contribution is 2.31. The summed E-state index contributed by atoms with van der Waals surface area (Å²) >= 11 is 0. The molecule has 0 aliphatic heterocycles. The highest BCUT2D eigenvalue weighted by Gasteiger charge is 2.29. The largest absolute Gasteiger partial charge is 0.687 e. The summed E-state index contributed by atoms with van der Waals surface area (Å²) in [5.74, 6) is 0. The molecule has 0 heterocycles. The summed E-state index contributed by atoms with van der Waals surface area (Å²) in [6.45, 7) is 0. The minimum atomic E-state index is -4.28. The average molecular weight is 174 g/mol. The number of benzene rings is 1. The lowest BCUT2D eigenvalue weighted by molar-refractivity contribution is -0.137. The van der Waals surface area contributed by atoms with Gasteiger partial charge in [0, 0.05) is 0 Å². The lowest BCUT2D eigenvalue weighted by atomic mass is 10.2. The van der Waals surface area contributed by atoms with Gasteiger partial charge in [0.05, 0.1) is 5.56 Å². The van der Waals surface area contributed by atoms with Crippen molar-refractivity contribution in [1.29, 1.82) is 0 Å². The predicted octanol–water partition coefficient (Wildman–Crippen LogP) is 3.34. The summed E-state index contributed by atoms with van der Waals surface area (Å²) in [4.78, 5) is 0. The fraction of sp³-hybridized carbons (Fsp3) is 0.250. The summed E-state index contributed by atoms with van der Waals surface area (Å²) in [5.41, 5.74) is -0.324. The van der Waals surface area contributed by atoms with Gasteiger partial charge in [-0.15, -0.1) is 12.7 Å². The zero-order chi connectivity index (χ0) is 9.19. The molecule has 0 aliphatic carbocycles. The van der Waals surface area contributed by atoms with Crippen LogP contribution in [0.15, 0.2) is 24.3 Å². The normalized spacial score (nSPS) is 11.3. The van der Waals surface area contributed by atoms with Crippen LogP contribution < -0.4 is 0 Å². The number of hydrogen-bond donors (Lipinski definition) is 0. The molecule has 0 spiro atoms. The van der Waals surface area contributed by atoms with Crippen molar-refractivity contribution in [2.45, 2.75) is 6.18 Å². The Kier molecular flexibility index (Phi) is 2.26. The van der Waals surface area contributed by atoms with E-state index in [1.165, 1.54) is 19.2 Å². The Labute approximate surface area is 68.2 Å². The Morgan fingerprint density at radius 1 is 1.25 bits per heavy atom. The zero-order valence-corrected chi connectivity index (χ0v) is 6.39. The Balaban J connectivity index is 3.02. The van der Waals surface area contributed by atoms with Gasteiger partial charge in [0.25, 0.3) is 0 Å². The van der Waals surface area contributed by atoms with E-state index in [0.29, 0.717) is 5.69 Å². The lowest BCUT2D eigenvalue weighted by Gasteiger charge is -2.15. The maximum Gasteiger partial charge on any atom is 0.416 e. The minimum Gasteiger partial charge on any atom is -0.687 e. The molecular weight excluding hydrogens is 167 g/mol. The van der Waals surface area contributed by atoms with Crippen LogP contribution in [-0.4, -0.2) is 7.05 Å². The first kappa shape index (κ1) is 8.90. The quantitative estimate of drug-likeness (QED) is 0.619. The third-order valence-electron chi connectivity index (χ3n) is 1.43. The van der Waals surface area contributed by atoms with Crippen molar-refractivity contribution < 1.29 is 13.2 Å². The fourth-order valence-corrected chi connectivity index (χ4v) is 0.821. The van der Waals surface area contributed by atoms with Crippen molar-refractivity contribution >= 4 is 5.69 Å². The molecule has 1 aromatic carbocycles. The van der Waals surface area contributed by atoms with Gasteiger partial charge in [0.1, 0.15) is 0 Å². The summed E-state index contributed by atoms with van der Waals surface area (Å²) in [6.07, 6.45) is -4.28. The number of nitrogens with zero attached hydrogens (tertiary/aromatic N) is 1. The fourth-order valence-electron chi connectivity index (χ4n) is 0.821. The van der Waals surface area contributed by atoms with E-state index in [4.69, 9.17) is 0 Å². The van der Waals surface area contributed by atoms with E-state index in [1.807, 2.05) is 0 Å². The molecule has 0 saturated heterocycles. The summed E-state index contributed by atoms with van der Waals surface area (Å²) < 4.78 is 36.2. The molecule has 1 nitrogen and oxygen atoms in total. The zero-order valence-electron chi connectivity index (χ0n) is 6.39. The van der Waals surface area contributed by atoms with Crippen molar-refractivity contribution in [3.63, 3.8) is 0 Å². The molecule has 4 heteroatoms. The Bertz CT molecular complexity index is 267. The molecule has 0 saturated carbocycles. The summed E-state index contributed by atoms with van der Waals surface area (Å²) in [5, 5.41) is 3.64. The van der Waals surface area contributed by atoms with Gasteiger partial charge in [-0.25, -0.2) is 0 Å².